The van der Waals surface area contributed by atoms with Gasteiger partial charge in [0.2, 0.25) is 9.84 Å². The number of rotatable bonds is 8. The lowest BCUT2D eigenvalue weighted by atomic mass is 10.3. The van der Waals surface area contributed by atoms with Crippen LogP contribution in [0.3, 0.4) is 0 Å². The Kier molecular flexibility index (Phi) is 5.97. The third-order valence-corrected chi connectivity index (χ3v) is 5.00. The minimum atomic E-state index is -3.57. The Morgan fingerprint density at radius 2 is 1.04 bits per heavy atom. The zero-order valence-corrected chi connectivity index (χ0v) is 13.4. The second kappa shape index (κ2) is 7.96. The number of benzene rings is 2. The molecule has 0 saturated carbocycles. The average Bonchev–Trinajstić information content (AvgIpc) is 2.59. The van der Waals surface area contributed by atoms with E-state index in [0.717, 1.165) is 11.4 Å². The quantitative estimate of drug-likeness (QED) is 0.580. The van der Waals surface area contributed by atoms with E-state index in [-0.39, 0.29) is 23.0 Å². The van der Waals surface area contributed by atoms with E-state index < -0.39 is 9.84 Å². The highest BCUT2D eigenvalue weighted by atomic mass is 32.2. The summed E-state index contributed by atoms with van der Waals surface area (Å²) in [5, 5.41) is 23.5. The van der Waals surface area contributed by atoms with E-state index in [0.29, 0.717) is 13.1 Å². The standard InChI is InChI=1S/C16H20N2O4S/c19-11-9-17-13-1-5-15(6-2-13)23(21,22)16-7-3-14(4-8-16)18-10-12-20/h1-8,17-20H,9-12H2. The molecule has 0 aromatic heterocycles. The molecule has 0 saturated heterocycles. The molecule has 0 aliphatic rings. The summed E-state index contributed by atoms with van der Waals surface area (Å²) in [6, 6.07) is 12.8. The van der Waals surface area contributed by atoms with Gasteiger partial charge in [-0.2, -0.15) is 0 Å². The topological polar surface area (TPSA) is 98.7 Å². The van der Waals surface area contributed by atoms with E-state index in [2.05, 4.69) is 10.6 Å². The summed E-state index contributed by atoms with van der Waals surface area (Å²) in [5.74, 6) is 0. The van der Waals surface area contributed by atoms with Gasteiger partial charge in [0.15, 0.2) is 0 Å². The van der Waals surface area contributed by atoms with Crippen molar-refractivity contribution in [2.75, 3.05) is 36.9 Å². The first-order valence-electron chi connectivity index (χ1n) is 7.22. The van der Waals surface area contributed by atoms with Crippen LogP contribution in [-0.4, -0.2) is 44.9 Å². The van der Waals surface area contributed by atoms with Crippen LogP contribution in [0.2, 0.25) is 0 Å². The van der Waals surface area contributed by atoms with E-state index in [4.69, 9.17) is 10.2 Å². The Labute approximate surface area is 135 Å². The summed E-state index contributed by atoms with van der Waals surface area (Å²) in [6.45, 7) is 0.843. The molecule has 0 unspecified atom stereocenters. The zero-order chi connectivity index (χ0) is 16.7. The number of aliphatic hydroxyl groups is 2. The average molecular weight is 336 g/mol. The first kappa shape index (κ1) is 17.3. The molecule has 2 aromatic carbocycles. The van der Waals surface area contributed by atoms with Crippen LogP contribution < -0.4 is 10.6 Å². The lowest BCUT2D eigenvalue weighted by Gasteiger charge is -2.09. The van der Waals surface area contributed by atoms with Crippen molar-refractivity contribution in [2.24, 2.45) is 0 Å². The Balaban J connectivity index is 2.17. The maximum atomic E-state index is 12.6. The van der Waals surface area contributed by atoms with Crippen molar-refractivity contribution in [3.63, 3.8) is 0 Å². The van der Waals surface area contributed by atoms with Gasteiger partial charge in [0.05, 0.1) is 23.0 Å². The van der Waals surface area contributed by atoms with Crippen LogP contribution in [0, 0.1) is 0 Å². The molecule has 0 fully saturated rings. The second-order valence-corrected chi connectivity index (χ2v) is 6.80. The van der Waals surface area contributed by atoms with Gasteiger partial charge in [0.1, 0.15) is 0 Å². The number of nitrogens with one attached hydrogen (secondary N) is 2. The van der Waals surface area contributed by atoms with Crippen LogP contribution in [0.4, 0.5) is 11.4 Å². The van der Waals surface area contributed by atoms with Crippen molar-refractivity contribution < 1.29 is 18.6 Å². The molecule has 4 N–H and O–H groups in total. The van der Waals surface area contributed by atoms with Crippen molar-refractivity contribution in [2.45, 2.75) is 9.79 Å². The largest absolute Gasteiger partial charge is 0.395 e. The highest BCUT2D eigenvalue weighted by Crippen LogP contribution is 2.23. The van der Waals surface area contributed by atoms with E-state index in [1.54, 1.807) is 24.3 Å². The van der Waals surface area contributed by atoms with Crippen LogP contribution >= 0.6 is 0 Å². The van der Waals surface area contributed by atoms with Crippen LogP contribution in [0.1, 0.15) is 0 Å². The van der Waals surface area contributed by atoms with Gasteiger partial charge in [0.25, 0.3) is 0 Å². The molecule has 7 heteroatoms. The molecule has 2 rings (SSSR count). The van der Waals surface area contributed by atoms with Gasteiger partial charge in [0, 0.05) is 24.5 Å². The van der Waals surface area contributed by atoms with Gasteiger partial charge >= 0.3 is 0 Å². The summed E-state index contributed by atoms with van der Waals surface area (Å²) >= 11 is 0. The van der Waals surface area contributed by atoms with Crippen LogP contribution in [0.15, 0.2) is 58.3 Å². The lowest BCUT2D eigenvalue weighted by molar-refractivity contribution is 0.311. The van der Waals surface area contributed by atoms with Gasteiger partial charge in [-0.15, -0.1) is 0 Å². The van der Waals surface area contributed by atoms with Gasteiger partial charge in [-0.3, -0.25) is 0 Å². The van der Waals surface area contributed by atoms with Crippen molar-refractivity contribution in [1.82, 2.24) is 0 Å². The summed E-state index contributed by atoms with van der Waals surface area (Å²) in [6.07, 6.45) is 0. The van der Waals surface area contributed by atoms with Crippen molar-refractivity contribution in [3.8, 4) is 0 Å². The third-order valence-electron chi connectivity index (χ3n) is 3.21. The minimum Gasteiger partial charge on any atom is -0.395 e. The Morgan fingerprint density at radius 3 is 1.35 bits per heavy atom. The van der Waals surface area contributed by atoms with E-state index >= 15 is 0 Å². The fourth-order valence-electron chi connectivity index (χ4n) is 2.04. The SMILES string of the molecule is O=S(=O)(c1ccc(NCCO)cc1)c1ccc(NCCO)cc1. The molecule has 0 aliphatic carbocycles. The molecular formula is C16H20N2O4S. The van der Waals surface area contributed by atoms with Gasteiger partial charge in [-0.1, -0.05) is 0 Å². The normalized spacial score (nSPS) is 11.2. The van der Waals surface area contributed by atoms with E-state index in [9.17, 15) is 8.42 Å². The van der Waals surface area contributed by atoms with Gasteiger partial charge < -0.3 is 20.8 Å². The van der Waals surface area contributed by atoms with Crippen molar-refractivity contribution in [1.29, 1.82) is 0 Å². The zero-order valence-electron chi connectivity index (χ0n) is 12.6. The van der Waals surface area contributed by atoms with Crippen molar-refractivity contribution in [3.05, 3.63) is 48.5 Å². The lowest BCUT2D eigenvalue weighted by Crippen LogP contribution is -2.07. The maximum absolute atomic E-state index is 12.6. The highest BCUT2D eigenvalue weighted by molar-refractivity contribution is 7.91. The molecule has 0 radical (unpaired) electrons. The Morgan fingerprint density at radius 1 is 0.696 bits per heavy atom. The molecule has 0 heterocycles. The van der Waals surface area contributed by atoms with Crippen molar-refractivity contribution >= 4 is 21.2 Å². The van der Waals surface area contributed by atoms with Crippen LogP contribution in [0.25, 0.3) is 0 Å². The molecule has 0 amide bonds. The first-order valence-corrected chi connectivity index (χ1v) is 8.71. The van der Waals surface area contributed by atoms with Gasteiger partial charge in [-0.05, 0) is 48.5 Å². The molecule has 0 aliphatic heterocycles. The summed E-state index contributed by atoms with van der Waals surface area (Å²) in [7, 11) is -3.57. The molecule has 6 nitrogen and oxygen atoms in total. The Hall–Kier alpha value is -2.09. The predicted octanol–water partition coefficient (Wildman–Crippen LogP) is 1.33. The number of sulfone groups is 1. The summed E-state index contributed by atoms with van der Waals surface area (Å²) < 4.78 is 25.1. The number of hydrogen-bond donors (Lipinski definition) is 4. The fraction of sp³-hybridized carbons (Fsp3) is 0.250. The van der Waals surface area contributed by atoms with Crippen LogP contribution in [0.5, 0.6) is 0 Å². The van der Waals surface area contributed by atoms with E-state index in [1.807, 2.05) is 0 Å². The molecule has 23 heavy (non-hydrogen) atoms. The van der Waals surface area contributed by atoms with Crippen LogP contribution in [-0.2, 0) is 9.84 Å². The monoisotopic (exact) mass is 336 g/mol. The molecule has 0 bridgehead atoms. The molecular weight excluding hydrogens is 316 g/mol. The molecule has 0 spiro atoms. The maximum Gasteiger partial charge on any atom is 0.206 e. The smallest absolute Gasteiger partial charge is 0.206 e. The molecule has 2 aromatic rings. The van der Waals surface area contributed by atoms with Gasteiger partial charge in [-0.25, -0.2) is 8.42 Å². The highest BCUT2D eigenvalue weighted by Gasteiger charge is 2.17. The molecule has 0 atom stereocenters. The summed E-state index contributed by atoms with van der Waals surface area (Å²) in [4.78, 5) is 0.422. The fourth-order valence-corrected chi connectivity index (χ4v) is 3.30. The first-order chi connectivity index (χ1) is 11.1. The Bertz CT molecular complexity index is 655. The minimum absolute atomic E-state index is 0.0106. The predicted molar refractivity (Wildman–Crippen MR) is 89.5 cm³/mol. The molecule has 124 valence electrons. The second-order valence-electron chi connectivity index (χ2n) is 4.85. The number of aliphatic hydroxyl groups excluding tert-OH is 2. The summed E-state index contributed by atoms with van der Waals surface area (Å²) in [5.41, 5.74) is 1.50. The third kappa shape index (κ3) is 4.44. The number of anilines is 2. The number of hydrogen-bond acceptors (Lipinski definition) is 6. The van der Waals surface area contributed by atoms with E-state index in [1.165, 1.54) is 24.3 Å².